The number of anilines is 1. The van der Waals surface area contributed by atoms with Crippen LogP contribution in [0.15, 0.2) is 12.1 Å². The Morgan fingerprint density at radius 2 is 1.43 bits per heavy atom. The third kappa shape index (κ3) is 2.40. The van der Waals surface area contributed by atoms with Crippen LogP contribution in [0.3, 0.4) is 0 Å². The van der Waals surface area contributed by atoms with Gasteiger partial charge in [-0.2, -0.15) is 13.2 Å². The zero-order valence-electron chi connectivity index (χ0n) is 7.37. The quantitative estimate of drug-likeness (QED) is 0.644. The molecular formula is C10H14F3N. The van der Waals surface area contributed by atoms with Gasteiger partial charge < -0.3 is 5.73 Å². The van der Waals surface area contributed by atoms with Crippen LogP contribution in [0.4, 0.5) is 18.9 Å². The number of benzene rings is 1. The second kappa shape index (κ2) is 3.90. The largest absolute Gasteiger partial charge is 0.416 e. The first-order valence-corrected chi connectivity index (χ1v) is 3.76. The SMILES string of the molecule is C.Cc1cc(C(F)(F)F)cc(C)c1N. The van der Waals surface area contributed by atoms with Crippen LogP contribution in [0.1, 0.15) is 24.1 Å². The number of hydrogen-bond acceptors (Lipinski definition) is 1. The fourth-order valence-electron chi connectivity index (χ4n) is 1.14. The zero-order valence-corrected chi connectivity index (χ0v) is 7.37. The van der Waals surface area contributed by atoms with Gasteiger partial charge in [0.05, 0.1) is 5.56 Å². The number of alkyl halides is 3. The van der Waals surface area contributed by atoms with E-state index in [2.05, 4.69) is 0 Å². The van der Waals surface area contributed by atoms with Crippen LogP contribution in [-0.4, -0.2) is 0 Å². The second-order valence-electron chi connectivity index (χ2n) is 3.02. The molecule has 0 aliphatic heterocycles. The van der Waals surface area contributed by atoms with Crippen molar-refractivity contribution >= 4 is 5.69 Å². The smallest absolute Gasteiger partial charge is 0.398 e. The molecule has 0 aliphatic rings. The Morgan fingerprint density at radius 1 is 1.07 bits per heavy atom. The van der Waals surface area contributed by atoms with Crippen LogP contribution in [0.5, 0.6) is 0 Å². The van der Waals surface area contributed by atoms with Crippen LogP contribution in [0.25, 0.3) is 0 Å². The summed E-state index contributed by atoms with van der Waals surface area (Å²) in [5.41, 5.74) is 6.24. The summed E-state index contributed by atoms with van der Waals surface area (Å²) in [7, 11) is 0. The van der Waals surface area contributed by atoms with E-state index in [1.807, 2.05) is 0 Å². The average Bonchev–Trinajstić information content (AvgIpc) is 1.97. The Morgan fingerprint density at radius 3 is 1.71 bits per heavy atom. The van der Waals surface area contributed by atoms with E-state index < -0.39 is 11.7 Å². The molecule has 0 saturated heterocycles. The molecule has 14 heavy (non-hydrogen) atoms. The van der Waals surface area contributed by atoms with E-state index in [0.29, 0.717) is 16.8 Å². The highest BCUT2D eigenvalue weighted by molar-refractivity contribution is 5.54. The molecule has 0 bridgehead atoms. The average molecular weight is 205 g/mol. The van der Waals surface area contributed by atoms with Gasteiger partial charge in [-0.05, 0) is 37.1 Å². The van der Waals surface area contributed by atoms with Gasteiger partial charge in [0.25, 0.3) is 0 Å². The van der Waals surface area contributed by atoms with Crippen molar-refractivity contribution in [2.45, 2.75) is 27.5 Å². The molecule has 0 heterocycles. The van der Waals surface area contributed by atoms with E-state index in [1.54, 1.807) is 13.8 Å². The minimum Gasteiger partial charge on any atom is -0.398 e. The predicted molar refractivity (Wildman–Crippen MR) is 52.1 cm³/mol. The monoisotopic (exact) mass is 205 g/mol. The van der Waals surface area contributed by atoms with Crippen molar-refractivity contribution in [2.24, 2.45) is 0 Å². The van der Waals surface area contributed by atoms with Gasteiger partial charge >= 0.3 is 6.18 Å². The van der Waals surface area contributed by atoms with E-state index in [1.165, 1.54) is 0 Å². The van der Waals surface area contributed by atoms with E-state index in [4.69, 9.17) is 5.73 Å². The summed E-state index contributed by atoms with van der Waals surface area (Å²) in [6.45, 7) is 3.13. The van der Waals surface area contributed by atoms with Crippen LogP contribution in [0.2, 0.25) is 0 Å². The molecule has 0 aromatic heterocycles. The molecule has 0 saturated carbocycles. The summed E-state index contributed by atoms with van der Waals surface area (Å²) in [6, 6.07) is 2.12. The number of rotatable bonds is 0. The highest BCUT2D eigenvalue weighted by Crippen LogP contribution is 2.32. The van der Waals surface area contributed by atoms with Crippen LogP contribution < -0.4 is 5.73 Å². The van der Waals surface area contributed by atoms with Crippen LogP contribution >= 0.6 is 0 Å². The standard InChI is InChI=1S/C9H10F3N.CH4/c1-5-3-7(9(10,11)12)4-6(2)8(5)13;/h3-4H,13H2,1-2H3;1H4. The molecule has 2 N–H and O–H groups in total. The Balaban J connectivity index is 0.00000169. The zero-order chi connectivity index (χ0) is 10.2. The van der Waals surface area contributed by atoms with Gasteiger partial charge in [-0.25, -0.2) is 0 Å². The van der Waals surface area contributed by atoms with E-state index in [9.17, 15) is 13.2 Å². The fraction of sp³-hybridized carbons (Fsp3) is 0.400. The minimum absolute atomic E-state index is 0. The molecule has 0 atom stereocenters. The topological polar surface area (TPSA) is 26.0 Å². The van der Waals surface area contributed by atoms with Gasteiger partial charge in [-0.3, -0.25) is 0 Å². The molecule has 0 amide bonds. The molecule has 1 aromatic carbocycles. The predicted octanol–water partition coefficient (Wildman–Crippen LogP) is 3.54. The summed E-state index contributed by atoms with van der Waals surface area (Å²) >= 11 is 0. The lowest BCUT2D eigenvalue weighted by molar-refractivity contribution is -0.137. The highest BCUT2D eigenvalue weighted by Gasteiger charge is 2.31. The third-order valence-corrected chi connectivity index (χ3v) is 1.92. The molecule has 1 aromatic rings. The Labute approximate surface area is 81.7 Å². The maximum atomic E-state index is 12.2. The lowest BCUT2D eigenvalue weighted by atomic mass is 10.0. The number of hydrogen-bond donors (Lipinski definition) is 1. The summed E-state index contributed by atoms with van der Waals surface area (Å²) < 4.78 is 36.7. The first-order chi connectivity index (χ1) is 5.82. The molecule has 4 heteroatoms. The molecule has 0 fully saturated rings. The number of halogens is 3. The lowest BCUT2D eigenvalue weighted by Gasteiger charge is -2.11. The van der Waals surface area contributed by atoms with Crippen LogP contribution in [-0.2, 0) is 6.18 Å². The summed E-state index contributed by atoms with van der Waals surface area (Å²) in [5.74, 6) is 0. The van der Waals surface area contributed by atoms with Gasteiger partial charge in [-0.1, -0.05) is 7.43 Å². The normalized spacial score (nSPS) is 10.9. The van der Waals surface area contributed by atoms with Crippen molar-refractivity contribution in [3.8, 4) is 0 Å². The lowest BCUT2D eigenvalue weighted by Crippen LogP contribution is -2.07. The van der Waals surface area contributed by atoms with Gasteiger partial charge in [0.2, 0.25) is 0 Å². The van der Waals surface area contributed by atoms with Crippen molar-refractivity contribution in [2.75, 3.05) is 5.73 Å². The van der Waals surface area contributed by atoms with E-state index in [-0.39, 0.29) is 7.43 Å². The summed E-state index contributed by atoms with van der Waals surface area (Å²) in [4.78, 5) is 0. The molecule has 0 unspecified atom stereocenters. The molecule has 1 nitrogen and oxygen atoms in total. The minimum atomic E-state index is -4.29. The van der Waals surface area contributed by atoms with Gasteiger partial charge in [0.15, 0.2) is 0 Å². The molecule has 0 radical (unpaired) electrons. The van der Waals surface area contributed by atoms with Gasteiger partial charge in [0.1, 0.15) is 0 Å². The van der Waals surface area contributed by atoms with Crippen molar-refractivity contribution in [3.63, 3.8) is 0 Å². The number of nitrogen functional groups attached to an aromatic ring is 1. The highest BCUT2D eigenvalue weighted by atomic mass is 19.4. The maximum absolute atomic E-state index is 12.2. The third-order valence-electron chi connectivity index (χ3n) is 1.92. The molecular weight excluding hydrogens is 191 g/mol. The Bertz CT molecular complexity index is 306. The van der Waals surface area contributed by atoms with Crippen LogP contribution in [0, 0.1) is 13.8 Å². The first-order valence-electron chi connectivity index (χ1n) is 3.76. The molecule has 0 aliphatic carbocycles. The first kappa shape index (κ1) is 12.8. The summed E-state index contributed by atoms with van der Waals surface area (Å²) in [6.07, 6.45) is -4.29. The van der Waals surface area contributed by atoms with Crippen molar-refractivity contribution in [1.82, 2.24) is 0 Å². The fourth-order valence-corrected chi connectivity index (χ4v) is 1.14. The number of aryl methyl sites for hydroxylation is 2. The molecule has 1 rings (SSSR count). The van der Waals surface area contributed by atoms with Crippen molar-refractivity contribution < 1.29 is 13.2 Å². The summed E-state index contributed by atoms with van der Waals surface area (Å²) in [5, 5.41) is 0. The number of nitrogens with two attached hydrogens (primary N) is 1. The Kier molecular flexibility index (Phi) is 3.57. The van der Waals surface area contributed by atoms with E-state index in [0.717, 1.165) is 12.1 Å². The van der Waals surface area contributed by atoms with Gasteiger partial charge in [-0.15, -0.1) is 0 Å². The van der Waals surface area contributed by atoms with Crippen molar-refractivity contribution in [3.05, 3.63) is 28.8 Å². The maximum Gasteiger partial charge on any atom is 0.416 e. The Hall–Kier alpha value is -1.19. The van der Waals surface area contributed by atoms with E-state index >= 15 is 0 Å². The molecule has 0 spiro atoms. The second-order valence-corrected chi connectivity index (χ2v) is 3.02. The molecule has 80 valence electrons. The van der Waals surface area contributed by atoms with Crippen molar-refractivity contribution in [1.29, 1.82) is 0 Å². The van der Waals surface area contributed by atoms with Gasteiger partial charge in [0, 0.05) is 5.69 Å².